The minimum atomic E-state index is -0.583. The first-order valence-corrected chi connectivity index (χ1v) is 6.70. The van der Waals surface area contributed by atoms with Gasteiger partial charge >= 0.3 is 5.97 Å². The summed E-state index contributed by atoms with van der Waals surface area (Å²) < 4.78 is 11.4. The van der Waals surface area contributed by atoms with Crippen molar-refractivity contribution in [3.63, 3.8) is 0 Å². The second-order valence-corrected chi connectivity index (χ2v) is 4.66. The Balaban J connectivity index is 2.10. The third-order valence-electron chi connectivity index (χ3n) is 3.04. The van der Waals surface area contributed by atoms with Gasteiger partial charge in [-0.05, 0) is 26.3 Å². The fourth-order valence-electron chi connectivity index (χ4n) is 1.85. The summed E-state index contributed by atoms with van der Waals surface area (Å²) in [5, 5.41) is 7.79. The van der Waals surface area contributed by atoms with Crippen LogP contribution in [0.1, 0.15) is 40.9 Å². The van der Waals surface area contributed by atoms with Crippen molar-refractivity contribution in [3.8, 4) is 0 Å². The van der Waals surface area contributed by atoms with Gasteiger partial charge in [-0.15, -0.1) is 0 Å². The molecule has 0 aromatic carbocycles. The van der Waals surface area contributed by atoms with Gasteiger partial charge in [0.05, 0.1) is 11.3 Å². The van der Waals surface area contributed by atoms with Gasteiger partial charge < -0.3 is 9.26 Å². The first-order valence-electron chi connectivity index (χ1n) is 6.70. The molecular weight excluding hydrogens is 274 g/mol. The van der Waals surface area contributed by atoms with Crippen molar-refractivity contribution in [3.05, 3.63) is 45.2 Å². The smallest absolute Gasteiger partial charge is 0.359 e. The molecule has 0 spiro atoms. The Bertz CT molecular complexity index is 683. The number of rotatable bonds is 5. The summed E-state index contributed by atoms with van der Waals surface area (Å²) >= 11 is 0. The molecule has 0 radical (unpaired) electrons. The molecule has 0 saturated heterocycles. The summed E-state index contributed by atoms with van der Waals surface area (Å²) in [5.41, 5.74) is 1.29. The van der Waals surface area contributed by atoms with Crippen molar-refractivity contribution in [1.29, 1.82) is 0 Å². The topological polar surface area (TPSA) is 87.2 Å². The van der Waals surface area contributed by atoms with Crippen LogP contribution >= 0.6 is 0 Å². The lowest BCUT2D eigenvalue weighted by molar-refractivity contribution is 0.0460. The summed E-state index contributed by atoms with van der Waals surface area (Å²) in [7, 11) is 0. The zero-order valence-corrected chi connectivity index (χ0v) is 12.3. The third-order valence-corrected chi connectivity index (χ3v) is 3.04. The molecule has 7 nitrogen and oxygen atoms in total. The van der Waals surface area contributed by atoms with Gasteiger partial charge in [0.2, 0.25) is 0 Å². The van der Waals surface area contributed by atoms with Crippen molar-refractivity contribution in [1.82, 2.24) is 14.9 Å². The van der Waals surface area contributed by atoms with E-state index < -0.39 is 5.97 Å². The zero-order chi connectivity index (χ0) is 15.4. The van der Waals surface area contributed by atoms with Crippen molar-refractivity contribution >= 4 is 5.97 Å². The summed E-state index contributed by atoms with van der Waals surface area (Å²) in [5.74, 6) is 0.0315. The van der Waals surface area contributed by atoms with E-state index in [9.17, 15) is 9.59 Å². The molecule has 0 aliphatic rings. The largest absolute Gasteiger partial charge is 0.456 e. The highest BCUT2D eigenvalue weighted by atomic mass is 16.5. The molecule has 2 heterocycles. The minimum absolute atomic E-state index is 0.0641. The molecule has 112 valence electrons. The number of hydrogen-bond acceptors (Lipinski definition) is 6. The van der Waals surface area contributed by atoms with Gasteiger partial charge in [0, 0.05) is 12.6 Å². The van der Waals surface area contributed by atoms with E-state index in [0.717, 1.165) is 12.0 Å². The SMILES string of the molecule is CCCn1nc(C(=O)OCc2c(C)noc2C)ccc1=O. The monoisotopic (exact) mass is 291 g/mol. The molecule has 21 heavy (non-hydrogen) atoms. The predicted molar refractivity (Wildman–Crippen MR) is 73.9 cm³/mol. The number of aromatic nitrogens is 3. The molecule has 0 bridgehead atoms. The quantitative estimate of drug-likeness (QED) is 0.778. The van der Waals surface area contributed by atoms with Gasteiger partial charge in [-0.25, -0.2) is 9.48 Å². The van der Waals surface area contributed by atoms with Crippen molar-refractivity contribution in [2.45, 2.75) is 40.3 Å². The van der Waals surface area contributed by atoms with Crippen molar-refractivity contribution < 1.29 is 14.1 Å². The summed E-state index contributed by atoms with van der Waals surface area (Å²) in [6.45, 7) is 5.98. The van der Waals surface area contributed by atoms with Crippen molar-refractivity contribution in [2.75, 3.05) is 0 Å². The normalized spacial score (nSPS) is 10.6. The molecular formula is C14H17N3O4. The van der Waals surface area contributed by atoms with Crippen LogP contribution in [0.2, 0.25) is 0 Å². The van der Waals surface area contributed by atoms with Crippen LogP contribution in [0.4, 0.5) is 0 Å². The van der Waals surface area contributed by atoms with Crippen molar-refractivity contribution in [2.24, 2.45) is 0 Å². The average molecular weight is 291 g/mol. The van der Waals surface area contributed by atoms with Crippen LogP contribution in [0.15, 0.2) is 21.5 Å². The Morgan fingerprint density at radius 2 is 2.14 bits per heavy atom. The van der Waals surface area contributed by atoms with Gasteiger partial charge in [-0.3, -0.25) is 4.79 Å². The van der Waals surface area contributed by atoms with E-state index >= 15 is 0 Å². The molecule has 0 aliphatic carbocycles. The Morgan fingerprint density at radius 3 is 2.76 bits per heavy atom. The first kappa shape index (κ1) is 15.0. The zero-order valence-electron chi connectivity index (χ0n) is 12.3. The highest BCUT2D eigenvalue weighted by Crippen LogP contribution is 2.13. The fourth-order valence-corrected chi connectivity index (χ4v) is 1.85. The fraction of sp³-hybridized carbons (Fsp3) is 0.429. The van der Waals surface area contributed by atoms with Crippen LogP contribution in [0.25, 0.3) is 0 Å². The van der Waals surface area contributed by atoms with Crippen LogP contribution in [0.5, 0.6) is 0 Å². The molecule has 0 N–H and O–H groups in total. The average Bonchev–Trinajstić information content (AvgIpc) is 2.78. The molecule has 0 amide bonds. The maximum Gasteiger partial charge on any atom is 0.359 e. The minimum Gasteiger partial charge on any atom is -0.456 e. The molecule has 0 fully saturated rings. The van der Waals surface area contributed by atoms with Crippen LogP contribution in [0.3, 0.4) is 0 Å². The van der Waals surface area contributed by atoms with Crippen LogP contribution in [-0.4, -0.2) is 20.9 Å². The number of carbonyl (C=O) groups is 1. The van der Waals surface area contributed by atoms with E-state index in [1.54, 1.807) is 13.8 Å². The van der Waals surface area contributed by atoms with Gasteiger partial charge in [0.25, 0.3) is 5.56 Å². The molecule has 0 aliphatic heterocycles. The number of nitrogens with zero attached hydrogens (tertiary/aromatic N) is 3. The van der Waals surface area contributed by atoms with Gasteiger partial charge in [-0.1, -0.05) is 12.1 Å². The predicted octanol–water partition coefficient (Wildman–Crippen LogP) is 1.62. The Kier molecular flexibility index (Phi) is 4.52. The van der Waals surface area contributed by atoms with E-state index in [1.807, 2.05) is 6.92 Å². The third kappa shape index (κ3) is 3.36. The second kappa shape index (κ2) is 6.34. The van der Waals surface area contributed by atoms with Crippen LogP contribution in [0, 0.1) is 13.8 Å². The lowest BCUT2D eigenvalue weighted by atomic mass is 10.2. The summed E-state index contributed by atoms with van der Waals surface area (Å²) in [6.07, 6.45) is 0.754. The number of carbonyl (C=O) groups excluding carboxylic acids is 1. The van der Waals surface area contributed by atoms with Crippen LogP contribution in [-0.2, 0) is 17.9 Å². The van der Waals surface area contributed by atoms with Crippen LogP contribution < -0.4 is 5.56 Å². The molecule has 2 aromatic rings. The van der Waals surface area contributed by atoms with Gasteiger partial charge in [0.15, 0.2) is 5.69 Å². The lowest BCUT2D eigenvalue weighted by Crippen LogP contribution is -2.24. The number of ether oxygens (including phenoxy) is 1. The van der Waals surface area contributed by atoms with E-state index in [1.165, 1.54) is 16.8 Å². The maximum atomic E-state index is 12.0. The molecule has 2 rings (SSSR count). The summed E-state index contributed by atoms with van der Waals surface area (Å²) in [4.78, 5) is 23.5. The molecule has 7 heteroatoms. The molecule has 0 atom stereocenters. The second-order valence-electron chi connectivity index (χ2n) is 4.66. The van der Waals surface area contributed by atoms with E-state index in [0.29, 0.717) is 18.0 Å². The number of esters is 1. The van der Waals surface area contributed by atoms with Gasteiger partial charge in [-0.2, -0.15) is 5.10 Å². The Hall–Kier alpha value is -2.44. The Morgan fingerprint density at radius 1 is 1.38 bits per heavy atom. The number of hydrogen-bond donors (Lipinski definition) is 0. The van der Waals surface area contributed by atoms with E-state index in [2.05, 4.69) is 10.3 Å². The highest BCUT2D eigenvalue weighted by molar-refractivity contribution is 5.86. The summed E-state index contributed by atoms with van der Waals surface area (Å²) in [6, 6.07) is 2.68. The molecule has 2 aromatic heterocycles. The highest BCUT2D eigenvalue weighted by Gasteiger charge is 2.15. The van der Waals surface area contributed by atoms with Gasteiger partial charge in [0.1, 0.15) is 12.4 Å². The van der Waals surface area contributed by atoms with E-state index in [4.69, 9.17) is 9.26 Å². The molecule has 0 unspecified atom stereocenters. The Labute approximate surface area is 121 Å². The molecule has 0 saturated carbocycles. The first-order chi connectivity index (χ1) is 10.0. The van der Waals surface area contributed by atoms with E-state index in [-0.39, 0.29) is 17.9 Å². The lowest BCUT2D eigenvalue weighted by Gasteiger charge is -2.06. The maximum absolute atomic E-state index is 12.0. The standard InChI is InChI=1S/C14H17N3O4/c1-4-7-17-13(18)6-5-12(15-17)14(19)20-8-11-9(2)16-21-10(11)3/h5-6H,4,7-8H2,1-3H3. The number of aryl methyl sites for hydroxylation is 3.